The highest BCUT2D eigenvalue weighted by molar-refractivity contribution is 5.89. The van der Waals surface area contributed by atoms with E-state index in [-0.39, 0.29) is 29.9 Å². The minimum atomic E-state index is -0.247. The van der Waals surface area contributed by atoms with E-state index >= 15 is 0 Å². The summed E-state index contributed by atoms with van der Waals surface area (Å²) in [7, 11) is 0. The van der Waals surface area contributed by atoms with Crippen LogP contribution in [0.2, 0.25) is 0 Å². The molecule has 23 heavy (non-hydrogen) atoms. The lowest BCUT2D eigenvalue weighted by atomic mass is 10.1. The first-order valence-electron chi connectivity index (χ1n) is 8.15. The van der Waals surface area contributed by atoms with Gasteiger partial charge in [0.15, 0.2) is 0 Å². The molecule has 0 saturated carbocycles. The Labute approximate surface area is 136 Å². The largest absolute Gasteiger partial charge is 0.372 e. The molecule has 0 radical (unpaired) electrons. The molecule has 6 nitrogen and oxygen atoms in total. The lowest BCUT2D eigenvalue weighted by molar-refractivity contribution is -0.147. The number of aromatic nitrogens is 1. The molecule has 0 aliphatic carbocycles. The minimum Gasteiger partial charge on any atom is -0.372 e. The van der Waals surface area contributed by atoms with E-state index in [0.29, 0.717) is 32.6 Å². The molecule has 124 valence electrons. The predicted octanol–water partition coefficient (Wildman–Crippen LogP) is 1.07. The molecule has 2 amide bonds. The topological polar surface area (TPSA) is 62.7 Å². The van der Waals surface area contributed by atoms with Gasteiger partial charge in [-0.15, -0.1) is 0 Å². The maximum absolute atomic E-state index is 12.7. The summed E-state index contributed by atoms with van der Waals surface area (Å²) in [6.45, 7) is 6.11. The van der Waals surface area contributed by atoms with Crippen molar-refractivity contribution in [1.82, 2.24) is 14.8 Å². The average molecular weight is 317 g/mol. The summed E-state index contributed by atoms with van der Waals surface area (Å²) in [5.74, 6) is -0.143. The molecule has 3 heterocycles. The molecule has 3 rings (SSSR count). The van der Waals surface area contributed by atoms with E-state index < -0.39 is 0 Å². The third-order valence-corrected chi connectivity index (χ3v) is 4.37. The van der Waals surface area contributed by atoms with Gasteiger partial charge in [0.25, 0.3) is 0 Å². The minimum absolute atomic E-state index is 0.0309. The van der Waals surface area contributed by atoms with Crippen molar-refractivity contribution >= 4 is 11.8 Å². The first kappa shape index (κ1) is 15.9. The molecule has 1 aromatic rings. The SMILES string of the molecule is CC1CN(C(=O)C2CC(=O)N(Cc3ccccn3)C2)CC(C)O1. The zero-order valence-corrected chi connectivity index (χ0v) is 13.6. The highest BCUT2D eigenvalue weighted by Gasteiger charge is 2.38. The van der Waals surface area contributed by atoms with Crippen LogP contribution in [-0.2, 0) is 20.9 Å². The summed E-state index contributed by atoms with van der Waals surface area (Å²) < 4.78 is 5.67. The fourth-order valence-electron chi connectivity index (χ4n) is 3.39. The molecule has 2 fully saturated rings. The highest BCUT2D eigenvalue weighted by atomic mass is 16.5. The van der Waals surface area contributed by atoms with Crippen LogP contribution in [0.15, 0.2) is 24.4 Å². The third-order valence-electron chi connectivity index (χ3n) is 4.37. The van der Waals surface area contributed by atoms with Crippen LogP contribution in [0, 0.1) is 5.92 Å². The van der Waals surface area contributed by atoms with Crippen molar-refractivity contribution in [3.63, 3.8) is 0 Å². The molecule has 0 aromatic carbocycles. The summed E-state index contributed by atoms with van der Waals surface area (Å²) in [6, 6.07) is 5.65. The Bertz CT molecular complexity index is 568. The van der Waals surface area contributed by atoms with Crippen molar-refractivity contribution in [2.24, 2.45) is 5.92 Å². The molecule has 0 N–H and O–H groups in total. The monoisotopic (exact) mass is 317 g/mol. The van der Waals surface area contributed by atoms with Crippen LogP contribution in [0.1, 0.15) is 26.0 Å². The first-order chi connectivity index (χ1) is 11.0. The van der Waals surface area contributed by atoms with Crippen molar-refractivity contribution in [2.75, 3.05) is 19.6 Å². The van der Waals surface area contributed by atoms with E-state index in [1.807, 2.05) is 36.9 Å². The maximum atomic E-state index is 12.7. The van der Waals surface area contributed by atoms with E-state index in [0.717, 1.165) is 5.69 Å². The average Bonchev–Trinajstić information content (AvgIpc) is 2.87. The molecule has 2 aliphatic rings. The number of carbonyl (C=O) groups excluding carboxylic acids is 2. The number of pyridine rings is 1. The van der Waals surface area contributed by atoms with Crippen molar-refractivity contribution in [3.05, 3.63) is 30.1 Å². The Morgan fingerprint density at radius 3 is 2.65 bits per heavy atom. The molecule has 3 unspecified atom stereocenters. The van der Waals surface area contributed by atoms with Gasteiger partial charge < -0.3 is 14.5 Å². The van der Waals surface area contributed by atoms with Gasteiger partial charge in [0.2, 0.25) is 11.8 Å². The lowest BCUT2D eigenvalue weighted by Crippen LogP contribution is -2.50. The number of rotatable bonds is 3. The predicted molar refractivity (Wildman–Crippen MR) is 84.4 cm³/mol. The number of hydrogen-bond donors (Lipinski definition) is 0. The van der Waals surface area contributed by atoms with Crippen LogP contribution in [0.3, 0.4) is 0 Å². The van der Waals surface area contributed by atoms with Crippen LogP contribution in [0.5, 0.6) is 0 Å². The van der Waals surface area contributed by atoms with Gasteiger partial charge in [-0.05, 0) is 26.0 Å². The van der Waals surface area contributed by atoms with E-state index in [1.54, 1.807) is 11.1 Å². The Kier molecular flexibility index (Phi) is 4.61. The van der Waals surface area contributed by atoms with Gasteiger partial charge in [0, 0.05) is 32.3 Å². The second-order valence-electron chi connectivity index (χ2n) is 6.50. The molecular weight excluding hydrogens is 294 g/mol. The Balaban J connectivity index is 1.61. The van der Waals surface area contributed by atoms with Gasteiger partial charge in [-0.2, -0.15) is 0 Å². The summed E-state index contributed by atoms with van der Waals surface area (Å²) in [6.07, 6.45) is 2.11. The van der Waals surface area contributed by atoms with Crippen LogP contribution >= 0.6 is 0 Å². The second-order valence-corrected chi connectivity index (χ2v) is 6.50. The van der Waals surface area contributed by atoms with Gasteiger partial charge >= 0.3 is 0 Å². The van der Waals surface area contributed by atoms with E-state index in [2.05, 4.69) is 4.98 Å². The first-order valence-corrected chi connectivity index (χ1v) is 8.15. The molecule has 0 spiro atoms. The highest BCUT2D eigenvalue weighted by Crippen LogP contribution is 2.23. The number of nitrogens with zero attached hydrogens (tertiary/aromatic N) is 3. The molecule has 6 heteroatoms. The normalized spacial score (nSPS) is 28.3. The summed E-state index contributed by atoms with van der Waals surface area (Å²) >= 11 is 0. The van der Waals surface area contributed by atoms with E-state index in [4.69, 9.17) is 4.74 Å². The van der Waals surface area contributed by atoms with Gasteiger partial charge in [-0.25, -0.2) is 0 Å². The van der Waals surface area contributed by atoms with Gasteiger partial charge in [-0.1, -0.05) is 6.07 Å². The van der Waals surface area contributed by atoms with E-state index in [9.17, 15) is 9.59 Å². The fourth-order valence-corrected chi connectivity index (χ4v) is 3.39. The van der Waals surface area contributed by atoms with Crippen molar-refractivity contribution < 1.29 is 14.3 Å². The smallest absolute Gasteiger partial charge is 0.228 e. The Hall–Kier alpha value is -1.95. The molecule has 2 aliphatic heterocycles. The number of ether oxygens (including phenoxy) is 1. The number of likely N-dealkylation sites (tertiary alicyclic amines) is 1. The zero-order valence-electron chi connectivity index (χ0n) is 13.6. The molecule has 0 bridgehead atoms. The number of carbonyl (C=O) groups is 2. The molecule has 1 aromatic heterocycles. The van der Waals surface area contributed by atoms with Crippen LogP contribution < -0.4 is 0 Å². The van der Waals surface area contributed by atoms with Crippen molar-refractivity contribution in [3.8, 4) is 0 Å². The van der Waals surface area contributed by atoms with Crippen LogP contribution in [0.4, 0.5) is 0 Å². The standard InChI is InChI=1S/C17H23N3O3/c1-12-8-20(9-13(2)23-12)17(22)14-7-16(21)19(10-14)11-15-5-3-4-6-18-15/h3-6,12-14H,7-11H2,1-2H3. The molecule has 2 saturated heterocycles. The number of amides is 2. The lowest BCUT2D eigenvalue weighted by Gasteiger charge is -2.36. The zero-order chi connectivity index (χ0) is 16.4. The summed E-state index contributed by atoms with van der Waals surface area (Å²) in [4.78, 5) is 32.8. The summed E-state index contributed by atoms with van der Waals surface area (Å²) in [5.41, 5.74) is 0.850. The third kappa shape index (κ3) is 3.69. The van der Waals surface area contributed by atoms with Gasteiger partial charge in [0.05, 0.1) is 30.4 Å². The quantitative estimate of drug-likeness (QED) is 0.836. The van der Waals surface area contributed by atoms with Gasteiger partial charge in [0.1, 0.15) is 0 Å². The van der Waals surface area contributed by atoms with Crippen LogP contribution in [0.25, 0.3) is 0 Å². The number of morpholine rings is 1. The van der Waals surface area contributed by atoms with Crippen LogP contribution in [-0.4, -0.2) is 58.4 Å². The van der Waals surface area contributed by atoms with Crippen molar-refractivity contribution in [2.45, 2.75) is 39.0 Å². The Morgan fingerprint density at radius 1 is 1.26 bits per heavy atom. The summed E-state index contributed by atoms with van der Waals surface area (Å²) in [5, 5.41) is 0. The van der Waals surface area contributed by atoms with E-state index in [1.165, 1.54) is 0 Å². The fraction of sp³-hybridized carbons (Fsp3) is 0.588. The second kappa shape index (κ2) is 6.66. The molecule has 3 atom stereocenters. The maximum Gasteiger partial charge on any atom is 0.228 e. The molecular formula is C17H23N3O3. The van der Waals surface area contributed by atoms with Crippen molar-refractivity contribution in [1.29, 1.82) is 0 Å². The Morgan fingerprint density at radius 2 is 2.00 bits per heavy atom. The van der Waals surface area contributed by atoms with Gasteiger partial charge in [-0.3, -0.25) is 14.6 Å². The number of hydrogen-bond acceptors (Lipinski definition) is 4.